The fourth-order valence-corrected chi connectivity index (χ4v) is 0.568. The number of nitrogens with one attached hydrogen (secondary N) is 1. The van der Waals surface area contributed by atoms with Crippen molar-refractivity contribution in [2.45, 2.75) is 6.92 Å². The first-order valence-electron chi connectivity index (χ1n) is 3.95. The van der Waals surface area contributed by atoms with E-state index < -0.39 is 5.97 Å². The van der Waals surface area contributed by atoms with Crippen molar-refractivity contribution < 1.29 is 9.53 Å². The van der Waals surface area contributed by atoms with Crippen LogP contribution in [0.3, 0.4) is 0 Å². The minimum Gasteiger partial charge on any atom is -0.427 e. The second-order valence-corrected chi connectivity index (χ2v) is 2.63. The first-order chi connectivity index (χ1) is 6.07. The summed E-state index contributed by atoms with van der Waals surface area (Å²) in [4.78, 5) is 11.0. The van der Waals surface area contributed by atoms with Crippen LogP contribution in [-0.4, -0.2) is 19.1 Å². The molecule has 72 valence electrons. The van der Waals surface area contributed by atoms with Crippen LogP contribution in [-0.2, 0) is 9.53 Å². The number of hydrogen-bond donors (Lipinski definition) is 1. The molecule has 0 heterocycles. The van der Waals surface area contributed by atoms with Crippen LogP contribution < -0.4 is 5.32 Å². The van der Waals surface area contributed by atoms with Crippen molar-refractivity contribution in [2.75, 3.05) is 13.1 Å². The van der Waals surface area contributed by atoms with Gasteiger partial charge in [0.05, 0.1) is 6.54 Å². The van der Waals surface area contributed by atoms with Gasteiger partial charge in [-0.3, -0.25) is 0 Å². The lowest BCUT2D eigenvalue weighted by Gasteiger charge is -2.06. The van der Waals surface area contributed by atoms with Gasteiger partial charge in [-0.15, -0.1) is 6.58 Å². The zero-order valence-electron chi connectivity index (χ0n) is 7.93. The zero-order chi connectivity index (χ0) is 10.3. The molecule has 0 amide bonds. The molecule has 0 aliphatic heterocycles. The molecular weight excluding hydrogens is 166 g/mol. The van der Waals surface area contributed by atoms with E-state index in [4.69, 9.17) is 4.74 Å². The Hall–Kier alpha value is -1.35. The summed E-state index contributed by atoms with van der Waals surface area (Å²) in [6.07, 6.45) is 1.72. The van der Waals surface area contributed by atoms with Gasteiger partial charge in [-0.25, -0.2) is 4.79 Å². The average Bonchev–Trinajstić information content (AvgIpc) is 2.04. The highest BCUT2D eigenvalue weighted by Crippen LogP contribution is 1.98. The monoisotopic (exact) mass is 181 g/mol. The van der Waals surface area contributed by atoms with Gasteiger partial charge in [-0.05, 0) is 6.92 Å². The van der Waals surface area contributed by atoms with E-state index in [1.54, 1.807) is 13.0 Å². The molecule has 1 N–H and O–H groups in total. The quantitative estimate of drug-likeness (QED) is 0.221. The molecule has 0 fully saturated rings. The first-order valence-corrected chi connectivity index (χ1v) is 3.95. The van der Waals surface area contributed by atoms with Crippen molar-refractivity contribution in [3.8, 4) is 0 Å². The predicted molar refractivity (Wildman–Crippen MR) is 53.1 cm³/mol. The predicted octanol–water partition coefficient (Wildman–Crippen LogP) is 1.40. The molecule has 3 nitrogen and oxygen atoms in total. The van der Waals surface area contributed by atoms with Crippen LogP contribution in [0, 0.1) is 0 Å². The summed E-state index contributed by atoms with van der Waals surface area (Å²) >= 11 is 0. The van der Waals surface area contributed by atoms with Crippen LogP contribution in [0.4, 0.5) is 0 Å². The molecular formula is C10H15NO2. The summed E-state index contributed by atoms with van der Waals surface area (Å²) in [5.74, 6) is -0.0553. The third kappa shape index (κ3) is 5.87. The Labute approximate surface area is 78.8 Å². The van der Waals surface area contributed by atoms with E-state index in [0.717, 1.165) is 0 Å². The van der Waals surface area contributed by atoms with Gasteiger partial charge in [-0.1, -0.05) is 19.2 Å². The normalized spacial score (nSPS) is 9.00. The maximum atomic E-state index is 11.0. The molecule has 0 aromatic rings. The molecule has 0 unspecified atom stereocenters. The third-order valence-electron chi connectivity index (χ3n) is 1.20. The van der Waals surface area contributed by atoms with Crippen LogP contribution in [0.1, 0.15) is 6.92 Å². The molecule has 0 spiro atoms. The van der Waals surface area contributed by atoms with Crippen LogP contribution in [0.25, 0.3) is 0 Å². The fraction of sp³-hybridized carbons (Fsp3) is 0.300. The molecule has 3 heteroatoms. The van der Waals surface area contributed by atoms with E-state index in [1.165, 1.54) is 0 Å². The average molecular weight is 181 g/mol. The Morgan fingerprint density at radius 1 is 1.54 bits per heavy atom. The maximum Gasteiger partial charge on any atom is 0.338 e. The Bertz CT molecular complexity index is 231. The van der Waals surface area contributed by atoms with Gasteiger partial charge in [0.25, 0.3) is 0 Å². The topological polar surface area (TPSA) is 38.3 Å². The Kier molecular flexibility index (Phi) is 5.55. The largest absolute Gasteiger partial charge is 0.427 e. The second-order valence-electron chi connectivity index (χ2n) is 2.63. The van der Waals surface area contributed by atoms with Crippen molar-refractivity contribution in [1.29, 1.82) is 0 Å². The highest BCUT2D eigenvalue weighted by Gasteiger charge is 2.04. The van der Waals surface area contributed by atoms with Crippen molar-refractivity contribution in [3.63, 3.8) is 0 Å². The molecule has 0 aromatic heterocycles. The van der Waals surface area contributed by atoms with E-state index in [-0.39, 0.29) is 0 Å². The fourth-order valence-electron chi connectivity index (χ4n) is 0.568. The SMILES string of the molecule is C=CCNCC(=C)OC(=O)C(=C)C. The molecule has 0 rings (SSSR count). The minimum absolute atomic E-state index is 0.366. The number of esters is 1. The number of carbonyl (C=O) groups is 1. The molecule has 0 bridgehead atoms. The summed E-state index contributed by atoms with van der Waals surface area (Å²) in [6, 6.07) is 0. The molecule has 0 saturated heterocycles. The van der Waals surface area contributed by atoms with Crippen molar-refractivity contribution in [3.05, 3.63) is 37.1 Å². The van der Waals surface area contributed by atoms with Gasteiger partial charge in [0.2, 0.25) is 0 Å². The lowest BCUT2D eigenvalue weighted by Crippen LogP contribution is -2.19. The van der Waals surface area contributed by atoms with E-state index in [9.17, 15) is 4.79 Å². The number of carbonyl (C=O) groups excluding carboxylic acids is 1. The van der Waals surface area contributed by atoms with Gasteiger partial charge in [-0.2, -0.15) is 0 Å². The van der Waals surface area contributed by atoms with Crippen molar-refractivity contribution in [2.24, 2.45) is 0 Å². The van der Waals surface area contributed by atoms with Crippen molar-refractivity contribution in [1.82, 2.24) is 5.32 Å². The molecule has 0 atom stereocenters. The summed E-state index contributed by atoms with van der Waals surface area (Å²) in [7, 11) is 0. The summed E-state index contributed by atoms with van der Waals surface area (Å²) in [6.45, 7) is 13.2. The molecule has 0 radical (unpaired) electrons. The first kappa shape index (κ1) is 11.6. The second kappa shape index (κ2) is 6.20. The summed E-state index contributed by atoms with van der Waals surface area (Å²) in [5, 5.41) is 2.95. The van der Waals surface area contributed by atoms with Gasteiger partial charge >= 0.3 is 5.97 Å². The Morgan fingerprint density at radius 3 is 2.62 bits per heavy atom. The highest BCUT2D eigenvalue weighted by molar-refractivity contribution is 5.87. The number of rotatable bonds is 6. The smallest absolute Gasteiger partial charge is 0.338 e. The Morgan fingerprint density at radius 2 is 2.15 bits per heavy atom. The maximum absolute atomic E-state index is 11.0. The van der Waals surface area contributed by atoms with E-state index in [2.05, 4.69) is 25.1 Å². The van der Waals surface area contributed by atoms with Crippen molar-refractivity contribution >= 4 is 5.97 Å². The number of hydrogen-bond acceptors (Lipinski definition) is 3. The Balaban J connectivity index is 3.68. The molecule has 13 heavy (non-hydrogen) atoms. The van der Waals surface area contributed by atoms with Gasteiger partial charge in [0, 0.05) is 12.1 Å². The molecule has 0 aliphatic rings. The van der Waals surface area contributed by atoms with E-state index in [0.29, 0.717) is 24.4 Å². The summed E-state index contributed by atoms with van der Waals surface area (Å²) < 4.78 is 4.83. The summed E-state index contributed by atoms with van der Waals surface area (Å²) in [5.41, 5.74) is 0.366. The minimum atomic E-state index is -0.439. The van der Waals surface area contributed by atoms with Crippen LogP contribution >= 0.6 is 0 Å². The molecule has 0 saturated carbocycles. The standard InChI is InChI=1S/C10H15NO2/c1-5-6-11-7-9(4)13-10(12)8(2)3/h5,11H,1-2,4,6-7H2,3H3. The number of ether oxygens (including phenoxy) is 1. The molecule has 0 aromatic carbocycles. The van der Waals surface area contributed by atoms with E-state index in [1.807, 2.05) is 0 Å². The van der Waals surface area contributed by atoms with Crippen LogP contribution in [0.5, 0.6) is 0 Å². The molecule has 0 aliphatic carbocycles. The van der Waals surface area contributed by atoms with Crippen LogP contribution in [0.15, 0.2) is 37.1 Å². The highest BCUT2D eigenvalue weighted by atomic mass is 16.5. The van der Waals surface area contributed by atoms with Gasteiger partial charge in [0.15, 0.2) is 0 Å². The third-order valence-corrected chi connectivity index (χ3v) is 1.20. The lowest BCUT2D eigenvalue weighted by atomic mass is 10.4. The lowest BCUT2D eigenvalue weighted by molar-refractivity contribution is -0.134. The van der Waals surface area contributed by atoms with Gasteiger partial charge < -0.3 is 10.1 Å². The van der Waals surface area contributed by atoms with Gasteiger partial charge in [0.1, 0.15) is 5.76 Å². The zero-order valence-corrected chi connectivity index (χ0v) is 7.93. The van der Waals surface area contributed by atoms with E-state index >= 15 is 0 Å². The van der Waals surface area contributed by atoms with Crippen LogP contribution in [0.2, 0.25) is 0 Å².